The molecule has 0 bridgehead atoms. The van der Waals surface area contributed by atoms with E-state index < -0.39 is 12.3 Å². The number of ether oxygens (including phenoxy) is 1. The van der Waals surface area contributed by atoms with E-state index in [1.54, 1.807) is 0 Å². The lowest BCUT2D eigenvalue weighted by Crippen LogP contribution is -2.43. The normalized spacial score (nSPS) is 30.6. The van der Waals surface area contributed by atoms with E-state index in [9.17, 15) is 13.2 Å². The Kier molecular flexibility index (Phi) is 4.00. The lowest BCUT2D eigenvalue weighted by Gasteiger charge is -2.28. The Morgan fingerprint density at radius 2 is 1.87 bits per heavy atom. The molecule has 0 spiro atoms. The number of nitrogens with zero attached hydrogens (tertiary/aromatic N) is 1. The second-order valence-electron chi connectivity index (χ2n) is 4.52. The molecule has 1 saturated heterocycles. The van der Waals surface area contributed by atoms with Crippen LogP contribution in [0.25, 0.3) is 0 Å². The van der Waals surface area contributed by atoms with Crippen molar-refractivity contribution >= 4 is 0 Å². The Morgan fingerprint density at radius 3 is 2.33 bits per heavy atom. The average molecular weight is 225 g/mol. The van der Waals surface area contributed by atoms with Crippen LogP contribution in [0.4, 0.5) is 13.2 Å². The maximum Gasteiger partial charge on any atom is 0.415 e. The van der Waals surface area contributed by atoms with Crippen molar-refractivity contribution < 1.29 is 17.9 Å². The Bertz CT molecular complexity index is 205. The monoisotopic (exact) mass is 225 g/mol. The molecule has 2 atom stereocenters. The first-order valence-electron chi connectivity index (χ1n) is 5.23. The Balaban J connectivity index is 2.69. The predicted molar refractivity (Wildman–Crippen MR) is 51.7 cm³/mol. The summed E-state index contributed by atoms with van der Waals surface area (Å²) in [6, 6.07) is 0.124. The van der Waals surface area contributed by atoms with Crippen molar-refractivity contribution in [2.45, 2.75) is 39.1 Å². The SMILES string of the molecule is CC1COC(C(F)(F)F)CN(C(C)C)C1. The molecule has 0 radical (unpaired) electrons. The molecule has 1 heterocycles. The van der Waals surface area contributed by atoms with Crippen LogP contribution in [-0.4, -0.2) is 42.9 Å². The van der Waals surface area contributed by atoms with Crippen molar-refractivity contribution in [2.24, 2.45) is 5.92 Å². The molecule has 1 rings (SSSR count). The molecule has 0 aromatic rings. The average Bonchev–Trinajstić information content (AvgIpc) is 2.25. The zero-order chi connectivity index (χ0) is 11.6. The summed E-state index contributed by atoms with van der Waals surface area (Å²) in [5.74, 6) is 0.153. The summed E-state index contributed by atoms with van der Waals surface area (Å²) in [7, 11) is 0. The van der Waals surface area contributed by atoms with Crippen LogP contribution in [0.1, 0.15) is 20.8 Å². The summed E-state index contributed by atoms with van der Waals surface area (Å²) in [6.45, 7) is 6.54. The van der Waals surface area contributed by atoms with Crippen LogP contribution in [0, 0.1) is 5.92 Å². The third kappa shape index (κ3) is 3.65. The molecule has 1 aliphatic heterocycles. The molecule has 2 nitrogen and oxygen atoms in total. The molecule has 90 valence electrons. The molecule has 2 unspecified atom stereocenters. The van der Waals surface area contributed by atoms with E-state index in [-0.39, 0.29) is 25.1 Å². The van der Waals surface area contributed by atoms with Crippen LogP contribution in [0.2, 0.25) is 0 Å². The standard InChI is InChI=1S/C10H18F3NO/c1-7(2)14-4-8(3)6-15-9(5-14)10(11,12)13/h7-9H,4-6H2,1-3H3. The first kappa shape index (κ1) is 12.8. The summed E-state index contributed by atoms with van der Waals surface area (Å²) >= 11 is 0. The molecule has 0 aliphatic carbocycles. The number of alkyl halides is 3. The van der Waals surface area contributed by atoms with E-state index in [2.05, 4.69) is 0 Å². The van der Waals surface area contributed by atoms with Crippen LogP contribution in [-0.2, 0) is 4.74 Å². The summed E-state index contributed by atoms with van der Waals surface area (Å²) in [5.41, 5.74) is 0. The van der Waals surface area contributed by atoms with Crippen molar-refractivity contribution in [3.8, 4) is 0 Å². The zero-order valence-corrected chi connectivity index (χ0v) is 9.34. The number of rotatable bonds is 1. The van der Waals surface area contributed by atoms with Crippen molar-refractivity contribution in [1.82, 2.24) is 4.90 Å². The fourth-order valence-corrected chi connectivity index (χ4v) is 1.69. The van der Waals surface area contributed by atoms with Gasteiger partial charge in [-0.15, -0.1) is 0 Å². The van der Waals surface area contributed by atoms with Gasteiger partial charge in [0.2, 0.25) is 0 Å². The number of hydrogen-bond donors (Lipinski definition) is 0. The first-order chi connectivity index (χ1) is 6.80. The fourth-order valence-electron chi connectivity index (χ4n) is 1.69. The molecule has 5 heteroatoms. The summed E-state index contributed by atoms with van der Waals surface area (Å²) in [5, 5.41) is 0. The minimum atomic E-state index is -4.25. The van der Waals surface area contributed by atoms with E-state index >= 15 is 0 Å². The molecular formula is C10H18F3NO. The summed E-state index contributed by atoms with van der Waals surface area (Å²) < 4.78 is 42.5. The maximum absolute atomic E-state index is 12.5. The van der Waals surface area contributed by atoms with E-state index in [1.807, 2.05) is 25.7 Å². The van der Waals surface area contributed by atoms with Gasteiger partial charge in [0.1, 0.15) is 0 Å². The van der Waals surface area contributed by atoms with Crippen LogP contribution < -0.4 is 0 Å². The van der Waals surface area contributed by atoms with Gasteiger partial charge in [0, 0.05) is 19.1 Å². The largest absolute Gasteiger partial charge is 0.415 e. The molecule has 1 aliphatic rings. The second kappa shape index (κ2) is 4.70. The van der Waals surface area contributed by atoms with Crippen molar-refractivity contribution in [3.05, 3.63) is 0 Å². The lowest BCUT2D eigenvalue weighted by atomic mass is 10.1. The molecule has 0 aromatic carbocycles. The fraction of sp³-hybridized carbons (Fsp3) is 1.00. The predicted octanol–water partition coefficient (Wildman–Crippen LogP) is 2.29. The number of hydrogen-bond acceptors (Lipinski definition) is 2. The van der Waals surface area contributed by atoms with Gasteiger partial charge in [-0.3, -0.25) is 4.90 Å². The Morgan fingerprint density at radius 1 is 1.27 bits per heavy atom. The van der Waals surface area contributed by atoms with E-state index in [4.69, 9.17) is 4.74 Å². The highest BCUT2D eigenvalue weighted by molar-refractivity contribution is 4.79. The van der Waals surface area contributed by atoms with Crippen molar-refractivity contribution in [3.63, 3.8) is 0 Å². The van der Waals surface area contributed by atoms with Gasteiger partial charge in [-0.05, 0) is 19.8 Å². The minimum Gasteiger partial charge on any atom is -0.367 e. The topological polar surface area (TPSA) is 12.5 Å². The molecular weight excluding hydrogens is 207 g/mol. The van der Waals surface area contributed by atoms with E-state index in [0.29, 0.717) is 6.54 Å². The van der Waals surface area contributed by atoms with Gasteiger partial charge in [0.25, 0.3) is 0 Å². The van der Waals surface area contributed by atoms with Crippen LogP contribution in [0.15, 0.2) is 0 Å². The van der Waals surface area contributed by atoms with Crippen molar-refractivity contribution in [1.29, 1.82) is 0 Å². The van der Waals surface area contributed by atoms with Gasteiger partial charge in [0.05, 0.1) is 6.61 Å². The van der Waals surface area contributed by atoms with Crippen LogP contribution in [0.3, 0.4) is 0 Å². The molecule has 0 aromatic heterocycles. The quantitative estimate of drug-likeness (QED) is 0.679. The van der Waals surface area contributed by atoms with Gasteiger partial charge >= 0.3 is 6.18 Å². The van der Waals surface area contributed by atoms with Crippen LogP contribution >= 0.6 is 0 Å². The van der Waals surface area contributed by atoms with E-state index in [0.717, 1.165) is 0 Å². The highest BCUT2D eigenvalue weighted by atomic mass is 19.4. The summed E-state index contributed by atoms with van der Waals surface area (Å²) in [4.78, 5) is 1.83. The molecule has 0 saturated carbocycles. The maximum atomic E-state index is 12.5. The highest BCUT2D eigenvalue weighted by Gasteiger charge is 2.43. The zero-order valence-electron chi connectivity index (χ0n) is 9.34. The smallest absolute Gasteiger partial charge is 0.367 e. The number of halogens is 3. The first-order valence-corrected chi connectivity index (χ1v) is 5.23. The minimum absolute atomic E-state index is 0.0501. The highest BCUT2D eigenvalue weighted by Crippen LogP contribution is 2.27. The molecule has 15 heavy (non-hydrogen) atoms. The van der Waals surface area contributed by atoms with Gasteiger partial charge in [-0.2, -0.15) is 13.2 Å². The van der Waals surface area contributed by atoms with Gasteiger partial charge in [0.15, 0.2) is 6.10 Å². The third-order valence-corrected chi connectivity index (χ3v) is 2.62. The van der Waals surface area contributed by atoms with Gasteiger partial charge in [-0.25, -0.2) is 0 Å². The Hall–Kier alpha value is -0.290. The molecule has 0 N–H and O–H groups in total. The molecule has 1 fully saturated rings. The van der Waals surface area contributed by atoms with Crippen LogP contribution in [0.5, 0.6) is 0 Å². The molecule has 0 amide bonds. The van der Waals surface area contributed by atoms with Gasteiger partial charge < -0.3 is 4.74 Å². The lowest BCUT2D eigenvalue weighted by molar-refractivity contribution is -0.221. The summed E-state index contributed by atoms with van der Waals surface area (Å²) in [6.07, 6.45) is -5.89. The second-order valence-corrected chi connectivity index (χ2v) is 4.52. The van der Waals surface area contributed by atoms with Gasteiger partial charge in [-0.1, -0.05) is 6.92 Å². The third-order valence-electron chi connectivity index (χ3n) is 2.62. The van der Waals surface area contributed by atoms with E-state index in [1.165, 1.54) is 0 Å². The Labute approximate surface area is 88.4 Å². The van der Waals surface area contributed by atoms with Crippen molar-refractivity contribution in [2.75, 3.05) is 19.7 Å².